The van der Waals surface area contributed by atoms with Gasteiger partial charge < -0.3 is 25.4 Å². The van der Waals surface area contributed by atoms with E-state index in [0.717, 1.165) is 37.2 Å². The Morgan fingerprint density at radius 1 is 0.754 bits per heavy atom. The van der Waals surface area contributed by atoms with Gasteiger partial charge in [-0.25, -0.2) is 0 Å². The van der Waals surface area contributed by atoms with E-state index in [1.807, 2.05) is 56.3 Å². The number of methoxy groups -OCH3 is 1. The third-order valence-electron chi connectivity index (χ3n) is 10.6. The van der Waals surface area contributed by atoms with Gasteiger partial charge in [0.1, 0.15) is 0 Å². The summed E-state index contributed by atoms with van der Waals surface area (Å²) >= 11 is 0. The van der Waals surface area contributed by atoms with Crippen LogP contribution in [-0.2, 0) is 40.5 Å². The molecule has 0 aliphatic heterocycles. The predicted octanol–water partition coefficient (Wildman–Crippen LogP) is 6.28. The summed E-state index contributed by atoms with van der Waals surface area (Å²) in [5.41, 5.74) is 2.42. The van der Waals surface area contributed by atoms with Crippen molar-refractivity contribution in [3.05, 3.63) is 71.3 Å². The summed E-state index contributed by atoms with van der Waals surface area (Å²) in [7, 11) is 1.19. The number of ether oxygens (including phenoxy) is 1. The van der Waals surface area contributed by atoms with Crippen LogP contribution in [0.15, 0.2) is 54.6 Å². The van der Waals surface area contributed by atoms with E-state index < -0.39 is 60.0 Å². The summed E-state index contributed by atoms with van der Waals surface area (Å²) in [6.07, 6.45) is 1.92. The van der Waals surface area contributed by atoms with Gasteiger partial charge in [-0.2, -0.15) is 0 Å². The van der Waals surface area contributed by atoms with E-state index in [9.17, 15) is 33.9 Å². The number of benzene rings is 2. The topological polar surface area (TPSA) is 159 Å². The molecular weight excluding hydrogens is 723 g/mol. The highest BCUT2D eigenvalue weighted by Gasteiger charge is 2.33. The van der Waals surface area contributed by atoms with Gasteiger partial charge in [-0.1, -0.05) is 103 Å². The summed E-state index contributed by atoms with van der Waals surface area (Å²) < 4.78 is 4.76. The van der Waals surface area contributed by atoms with E-state index in [0.29, 0.717) is 31.2 Å². The number of unbranched alkanes of at least 4 members (excludes halogenated alkanes) is 1. The van der Waals surface area contributed by atoms with Crippen molar-refractivity contribution in [1.29, 1.82) is 0 Å². The SMILES string of the molecule is CCN(CC)CCCC[C@H](NC(=O)[C@@H](CC(=O)[C@H](C)NC(=O)C(CC(=O)c1ccc(C(C)(C)C)cc1)Cc1ccccc1)CC(C)C)C(=O)CC(CO)C(=O)OC. The molecule has 5 atom stereocenters. The molecular formula is C46H69N3O8. The summed E-state index contributed by atoms with van der Waals surface area (Å²) in [6, 6.07) is 15.0. The number of Topliss-reactive ketones (excluding diaryl/α,β-unsaturated/α-hetero) is 3. The fourth-order valence-corrected chi connectivity index (χ4v) is 6.94. The number of amides is 2. The van der Waals surface area contributed by atoms with E-state index in [-0.39, 0.29) is 42.2 Å². The number of hydrogen-bond acceptors (Lipinski definition) is 9. The van der Waals surface area contributed by atoms with E-state index in [2.05, 4.69) is 50.2 Å². The van der Waals surface area contributed by atoms with Crippen LogP contribution in [0.2, 0.25) is 0 Å². The normalized spacial score (nSPS) is 14.3. The average molecular weight is 792 g/mol. The number of ketones is 3. The maximum absolute atomic E-state index is 13.9. The van der Waals surface area contributed by atoms with Crippen LogP contribution in [0.25, 0.3) is 0 Å². The second-order valence-corrected chi connectivity index (χ2v) is 16.7. The van der Waals surface area contributed by atoms with E-state index >= 15 is 0 Å². The summed E-state index contributed by atoms with van der Waals surface area (Å²) in [4.78, 5) is 83.0. The van der Waals surface area contributed by atoms with Crippen molar-refractivity contribution in [1.82, 2.24) is 15.5 Å². The number of rotatable bonds is 26. The minimum atomic E-state index is -1.05. The number of carbonyl (C=O) groups is 6. The first-order chi connectivity index (χ1) is 26.9. The highest BCUT2D eigenvalue weighted by Crippen LogP contribution is 2.24. The monoisotopic (exact) mass is 792 g/mol. The maximum Gasteiger partial charge on any atom is 0.311 e. The molecule has 11 heteroatoms. The quantitative estimate of drug-likeness (QED) is 0.0567. The number of aliphatic hydroxyl groups is 1. The van der Waals surface area contributed by atoms with Gasteiger partial charge in [0.25, 0.3) is 0 Å². The molecule has 0 fully saturated rings. The van der Waals surface area contributed by atoms with Crippen molar-refractivity contribution in [3.63, 3.8) is 0 Å². The molecule has 0 spiro atoms. The molecule has 11 nitrogen and oxygen atoms in total. The van der Waals surface area contributed by atoms with Crippen LogP contribution in [0.3, 0.4) is 0 Å². The maximum atomic E-state index is 13.9. The Hall–Kier alpha value is -4.22. The fourth-order valence-electron chi connectivity index (χ4n) is 6.94. The molecule has 2 aromatic carbocycles. The van der Waals surface area contributed by atoms with E-state index in [4.69, 9.17) is 4.74 Å². The van der Waals surface area contributed by atoms with Gasteiger partial charge in [0.2, 0.25) is 11.8 Å². The molecule has 0 aliphatic rings. The lowest BCUT2D eigenvalue weighted by Crippen LogP contribution is -2.47. The molecule has 3 N–H and O–H groups in total. The van der Waals surface area contributed by atoms with Crippen molar-refractivity contribution in [3.8, 4) is 0 Å². The number of aliphatic hydroxyl groups excluding tert-OH is 1. The first-order valence-corrected chi connectivity index (χ1v) is 20.7. The molecule has 0 bridgehead atoms. The summed E-state index contributed by atoms with van der Waals surface area (Å²) in [5.74, 6) is -5.04. The van der Waals surface area contributed by atoms with Crippen LogP contribution < -0.4 is 10.6 Å². The van der Waals surface area contributed by atoms with Crippen molar-refractivity contribution >= 4 is 35.1 Å². The number of nitrogens with zero attached hydrogens (tertiary/aromatic N) is 1. The zero-order chi connectivity index (χ0) is 42.7. The largest absolute Gasteiger partial charge is 0.469 e. The second kappa shape index (κ2) is 24.5. The highest BCUT2D eigenvalue weighted by molar-refractivity contribution is 6.00. The van der Waals surface area contributed by atoms with Crippen molar-refractivity contribution < 1.29 is 38.6 Å². The standard InChI is InChI=1S/C46H69N3O8/c1-10-49(11-2)24-16-15-19-39(42(53)29-37(30-50)45(56)57-9)48-44(55)35(25-31(3)4)27-40(51)32(5)47-43(54)36(26-33-17-13-12-14-18-33)28-41(52)34-20-22-38(23-21-34)46(6,7)8/h12-14,17-18,20-23,31-32,35-37,39,50H,10-11,15-16,19,24-30H2,1-9H3,(H,47,54)(H,48,55)/t32-,35+,36?,37?,39-/m0/s1. The molecule has 0 saturated heterocycles. The third-order valence-corrected chi connectivity index (χ3v) is 10.6. The first-order valence-electron chi connectivity index (χ1n) is 20.7. The summed E-state index contributed by atoms with van der Waals surface area (Å²) in [5, 5.41) is 15.5. The van der Waals surface area contributed by atoms with Crippen LogP contribution in [0.1, 0.15) is 122 Å². The molecule has 0 aliphatic carbocycles. The Morgan fingerprint density at radius 2 is 1.35 bits per heavy atom. The highest BCUT2D eigenvalue weighted by atomic mass is 16.5. The Labute approximate surface area is 341 Å². The van der Waals surface area contributed by atoms with E-state index in [1.165, 1.54) is 7.11 Å². The van der Waals surface area contributed by atoms with Gasteiger partial charge in [0.05, 0.1) is 31.7 Å². The van der Waals surface area contributed by atoms with Crippen LogP contribution in [0.4, 0.5) is 0 Å². The summed E-state index contributed by atoms with van der Waals surface area (Å²) in [6.45, 7) is 18.0. The van der Waals surface area contributed by atoms with Gasteiger partial charge in [-0.3, -0.25) is 28.8 Å². The van der Waals surface area contributed by atoms with Gasteiger partial charge in [-0.05, 0) is 81.1 Å². The van der Waals surface area contributed by atoms with Crippen molar-refractivity contribution in [2.75, 3.05) is 33.4 Å². The molecule has 2 amide bonds. The lowest BCUT2D eigenvalue weighted by molar-refractivity contribution is -0.149. The third kappa shape index (κ3) is 17.0. The Kier molecular flexibility index (Phi) is 21.1. The van der Waals surface area contributed by atoms with Gasteiger partial charge in [-0.15, -0.1) is 0 Å². The lowest BCUT2D eigenvalue weighted by atomic mass is 9.85. The Balaban J connectivity index is 2.23. The zero-order valence-electron chi connectivity index (χ0n) is 35.9. The zero-order valence-corrected chi connectivity index (χ0v) is 35.9. The fraction of sp³-hybridized carbons (Fsp3) is 0.609. The van der Waals surface area contributed by atoms with Crippen LogP contribution in [0, 0.1) is 23.7 Å². The number of nitrogens with one attached hydrogen (secondary N) is 2. The van der Waals surface area contributed by atoms with Crippen LogP contribution in [-0.4, -0.2) is 90.6 Å². The van der Waals surface area contributed by atoms with Crippen molar-refractivity contribution in [2.24, 2.45) is 23.7 Å². The molecule has 0 radical (unpaired) electrons. The van der Waals surface area contributed by atoms with Gasteiger partial charge >= 0.3 is 5.97 Å². The number of carbonyl (C=O) groups excluding carboxylic acids is 6. The van der Waals surface area contributed by atoms with Crippen LogP contribution in [0.5, 0.6) is 0 Å². The number of hydrogen-bond donors (Lipinski definition) is 3. The Morgan fingerprint density at radius 3 is 1.89 bits per heavy atom. The smallest absolute Gasteiger partial charge is 0.311 e. The minimum absolute atomic E-state index is 0.0403. The minimum Gasteiger partial charge on any atom is -0.469 e. The first kappa shape index (κ1) is 48.9. The van der Waals surface area contributed by atoms with Crippen molar-refractivity contribution in [2.45, 2.75) is 124 Å². The molecule has 2 unspecified atom stereocenters. The van der Waals surface area contributed by atoms with Gasteiger partial charge in [0.15, 0.2) is 17.3 Å². The Bertz CT molecular complexity index is 1580. The van der Waals surface area contributed by atoms with Crippen LogP contribution >= 0.6 is 0 Å². The van der Waals surface area contributed by atoms with E-state index in [1.54, 1.807) is 19.1 Å². The molecule has 0 heterocycles. The molecule has 2 aromatic rings. The average Bonchev–Trinajstić information content (AvgIpc) is 3.18. The lowest BCUT2D eigenvalue weighted by Gasteiger charge is -2.25. The predicted molar refractivity (Wildman–Crippen MR) is 224 cm³/mol. The second-order valence-electron chi connectivity index (χ2n) is 16.7. The molecule has 0 aromatic heterocycles. The molecule has 2 rings (SSSR count). The molecule has 316 valence electrons. The molecule has 0 saturated carbocycles. The number of esters is 1. The van der Waals surface area contributed by atoms with Gasteiger partial charge in [0, 0.05) is 36.7 Å². The molecule has 57 heavy (non-hydrogen) atoms.